The Labute approximate surface area is 121 Å². The molecule has 100 valence electrons. The van der Waals surface area contributed by atoms with E-state index in [1.807, 2.05) is 32.0 Å². The lowest BCUT2D eigenvalue weighted by Crippen LogP contribution is -2.47. The molecule has 0 aliphatic carbocycles. The average molecular weight is 334 g/mol. The van der Waals surface area contributed by atoms with E-state index in [0.717, 1.165) is 10.0 Å². The van der Waals surface area contributed by atoms with Gasteiger partial charge in [-0.1, -0.05) is 33.6 Å². The summed E-state index contributed by atoms with van der Waals surface area (Å²) in [6.07, 6.45) is 1.86. The van der Waals surface area contributed by atoms with E-state index in [1.165, 1.54) is 0 Å². The van der Waals surface area contributed by atoms with Crippen LogP contribution in [0.4, 0.5) is 0 Å². The van der Waals surface area contributed by atoms with E-state index in [4.69, 9.17) is 16.3 Å². The molecule has 1 fully saturated rings. The summed E-state index contributed by atoms with van der Waals surface area (Å²) in [7, 11) is 0. The standard InChI is InChI=1S/C14H18BrClO2/c1-13(2)9-14(17,5-6-18-13)8-10-3-4-11(15)7-12(10)16/h3-4,7,17H,5-6,8-9H2,1-2H3. The number of halogens is 2. The molecule has 1 N–H and O–H groups in total. The van der Waals surface area contributed by atoms with Crippen LogP contribution >= 0.6 is 27.5 Å². The van der Waals surface area contributed by atoms with Crippen LogP contribution in [0, 0.1) is 0 Å². The van der Waals surface area contributed by atoms with Gasteiger partial charge in [0.25, 0.3) is 0 Å². The zero-order valence-corrected chi connectivity index (χ0v) is 13.0. The lowest BCUT2D eigenvalue weighted by molar-refractivity contribution is -0.143. The topological polar surface area (TPSA) is 29.5 Å². The molecular weight excluding hydrogens is 316 g/mol. The van der Waals surface area contributed by atoms with Crippen LogP contribution < -0.4 is 0 Å². The van der Waals surface area contributed by atoms with Gasteiger partial charge in [0.2, 0.25) is 0 Å². The predicted octanol–water partition coefficient (Wildman–Crippen LogP) is 3.97. The van der Waals surface area contributed by atoms with Gasteiger partial charge >= 0.3 is 0 Å². The summed E-state index contributed by atoms with van der Waals surface area (Å²) in [5.74, 6) is 0. The van der Waals surface area contributed by atoms with Crippen LogP contribution in [0.25, 0.3) is 0 Å². The smallest absolute Gasteiger partial charge is 0.0737 e. The second-order valence-corrected chi connectivity index (χ2v) is 6.99. The molecule has 1 saturated heterocycles. The van der Waals surface area contributed by atoms with Crippen molar-refractivity contribution in [3.63, 3.8) is 0 Å². The minimum atomic E-state index is -0.723. The third-order valence-corrected chi connectivity index (χ3v) is 4.19. The van der Waals surface area contributed by atoms with E-state index in [-0.39, 0.29) is 5.60 Å². The van der Waals surface area contributed by atoms with Crippen molar-refractivity contribution >= 4 is 27.5 Å². The molecular formula is C14H18BrClO2. The van der Waals surface area contributed by atoms with Crippen LogP contribution in [0.3, 0.4) is 0 Å². The minimum Gasteiger partial charge on any atom is -0.389 e. The van der Waals surface area contributed by atoms with Crippen LogP contribution in [0.15, 0.2) is 22.7 Å². The number of aliphatic hydroxyl groups is 1. The summed E-state index contributed by atoms with van der Waals surface area (Å²) in [6.45, 7) is 4.62. The molecule has 2 nitrogen and oxygen atoms in total. The molecule has 0 amide bonds. The Bertz CT molecular complexity index is 447. The molecule has 1 unspecified atom stereocenters. The maximum Gasteiger partial charge on any atom is 0.0737 e. The SMILES string of the molecule is CC1(C)CC(O)(Cc2ccc(Br)cc2Cl)CCO1. The van der Waals surface area contributed by atoms with Crippen LogP contribution in [-0.4, -0.2) is 22.9 Å². The second kappa shape index (κ2) is 5.12. The van der Waals surface area contributed by atoms with Gasteiger partial charge in [-0.25, -0.2) is 0 Å². The van der Waals surface area contributed by atoms with Gasteiger partial charge in [0.1, 0.15) is 0 Å². The molecule has 1 heterocycles. The Morgan fingerprint density at radius 3 is 2.78 bits per heavy atom. The molecule has 1 aliphatic heterocycles. The third kappa shape index (κ3) is 3.47. The van der Waals surface area contributed by atoms with Gasteiger partial charge in [-0.05, 0) is 38.0 Å². The largest absolute Gasteiger partial charge is 0.389 e. The number of ether oxygens (including phenoxy) is 1. The highest BCUT2D eigenvalue weighted by atomic mass is 79.9. The molecule has 0 spiro atoms. The van der Waals surface area contributed by atoms with Crippen LogP contribution in [0.2, 0.25) is 5.02 Å². The quantitative estimate of drug-likeness (QED) is 0.887. The summed E-state index contributed by atoms with van der Waals surface area (Å²) in [5, 5.41) is 11.4. The summed E-state index contributed by atoms with van der Waals surface area (Å²) in [4.78, 5) is 0. The van der Waals surface area contributed by atoms with E-state index in [1.54, 1.807) is 0 Å². The van der Waals surface area contributed by atoms with Gasteiger partial charge in [-0.2, -0.15) is 0 Å². The van der Waals surface area contributed by atoms with Crippen molar-refractivity contribution in [2.24, 2.45) is 0 Å². The monoisotopic (exact) mass is 332 g/mol. The highest BCUT2D eigenvalue weighted by Crippen LogP contribution is 2.36. The van der Waals surface area contributed by atoms with Crippen molar-refractivity contribution in [3.05, 3.63) is 33.3 Å². The first-order valence-corrected chi connectivity index (χ1v) is 7.27. The van der Waals surface area contributed by atoms with Crippen LogP contribution in [0.5, 0.6) is 0 Å². The van der Waals surface area contributed by atoms with Crippen molar-refractivity contribution in [1.82, 2.24) is 0 Å². The first kappa shape index (κ1) is 14.3. The Morgan fingerprint density at radius 2 is 2.17 bits per heavy atom. The highest BCUT2D eigenvalue weighted by molar-refractivity contribution is 9.10. The van der Waals surface area contributed by atoms with Gasteiger partial charge < -0.3 is 9.84 Å². The van der Waals surface area contributed by atoms with E-state index in [0.29, 0.717) is 30.9 Å². The predicted molar refractivity (Wildman–Crippen MR) is 77.1 cm³/mol. The molecule has 4 heteroatoms. The fourth-order valence-electron chi connectivity index (χ4n) is 2.62. The molecule has 1 aromatic rings. The first-order chi connectivity index (χ1) is 8.30. The maximum absolute atomic E-state index is 10.7. The first-order valence-electron chi connectivity index (χ1n) is 6.10. The van der Waals surface area contributed by atoms with Crippen molar-refractivity contribution < 1.29 is 9.84 Å². The molecule has 0 bridgehead atoms. The Hall–Kier alpha value is -0.0900. The van der Waals surface area contributed by atoms with Crippen molar-refractivity contribution in [2.45, 2.75) is 44.3 Å². The summed E-state index contributed by atoms with van der Waals surface area (Å²) < 4.78 is 6.60. The normalized spacial score (nSPS) is 27.2. The highest BCUT2D eigenvalue weighted by Gasteiger charge is 2.39. The van der Waals surface area contributed by atoms with Crippen molar-refractivity contribution in [1.29, 1.82) is 0 Å². The van der Waals surface area contributed by atoms with Crippen LogP contribution in [0.1, 0.15) is 32.3 Å². The summed E-state index contributed by atoms with van der Waals surface area (Å²) in [5.41, 5.74) is -0.00583. The molecule has 0 radical (unpaired) electrons. The molecule has 1 aliphatic rings. The number of benzene rings is 1. The van der Waals surface area contributed by atoms with Crippen LogP contribution in [-0.2, 0) is 11.2 Å². The van der Waals surface area contributed by atoms with Gasteiger partial charge in [0, 0.05) is 22.3 Å². The summed E-state index contributed by atoms with van der Waals surface area (Å²) in [6, 6.07) is 5.78. The lowest BCUT2D eigenvalue weighted by Gasteiger charge is -2.41. The van der Waals surface area contributed by atoms with Gasteiger partial charge in [0.05, 0.1) is 17.8 Å². The Balaban J connectivity index is 2.17. The van der Waals surface area contributed by atoms with Gasteiger partial charge in [0.15, 0.2) is 0 Å². The zero-order chi connectivity index (χ0) is 13.4. The zero-order valence-electron chi connectivity index (χ0n) is 10.7. The fraction of sp³-hybridized carbons (Fsp3) is 0.571. The number of hydrogen-bond donors (Lipinski definition) is 1. The lowest BCUT2D eigenvalue weighted by atomic mass is 9.80. The van der Waals surface area contributed by atoms with E-state index in [9.17, 15) is 5.11 Å². The Morgan fingerprint density at radius 1 is 1.44 bits per heavy atom. The third-order valence-electron chi connectivity index (χ3n) is 3.35. The molecule has 1 aromatic carbocycles. The fourth-order valence-corrected chi connectivity index (χ4v) is 3.36. The molecule has 0 saturated carbocycles. The molecule has 1 atom stereocenters. The maximum atomic E-state index is 10.7. The molecule has 0 aromatic heterocycles. The summed E-state index contributed by atoms with van der Waals surface area (Å²) >= 11 is 9.60. The van der Waals surface area contributed by atoms with Gasteiger partial charge in [-0.15, -0.1) is 0 Å². The Kier molecular flexibility index (Phi) is 4.07. The average Bonchev–Trinajstić information content (AvgIpc) is 2.20. The van der Waals surface area contributed by atoms with Crippen molar-refractivity contribution in [2.75, 3.05) is 6.61 Å². The second-order valence-electron chi connectivity index (χ2n) is 5.67. The molecule has 18 heavy (non-hydrogen) atoms. The van der Waals surface area contributed by atoms with Gasteiger partial charge in [-0.3, -0.25) is 0 Å². The molecule has 2 rings (SSSR count). The minimum absolute atomic E-state index is 0.269. The van der Waals surface area contributed by atoms with E-state index in [2.05, 4.69) is 15.9 Å². The number of hydrogen-bond acceptors (Lipinski definition) is 2. The van der Waals surface area contributed by atoms with E-state index >= 15 is 0 Å². The van der Waals surface area contributed by atoms with Crippen molar-refractivity contribution in [3.8, 4) is 0 Å². The number of rotatable bonds is 2. The van der Waals surface area contributed by atoms with E-state index < -0.39 is 5.60 Å².